The number of carbonyl (C=O) groups excluding carboxylic acids is 4. The predicted molar refractivity (Wildman–Crippen MR) is 181 cm³/mol. The van der Waals surface area contributed by atoms with E-state index in [1.807, 2.05) is 62.4 Å². The Morgan fingerprint density at radius 1 is 0.851 bits per heavy atom. The molecule has 1 unspecified atom stereocenters. The van der Waals surface area contributed by atoms with E-state index in [-0.39, 0.29) is 36.7 Å². The van der Waals surface area contributed by atoms with Gasteiger partial charge in [-0.2, -0.15) is 0 Å². The highest BCUT2D eigenvalue weighted by atomic mass is 16.5. The van der Waals surface area contributed by atoms with Crippen LogP contribution in [0.1, 0.15) is 63.0 Å². The Hall–Kier alpha value is -3.80. The Labute approximate surface area is 278 Å². The highest BCUT2D eigenvalue weighted by Crippen LogP contribution is 2.40. The number of hydrogen-bond acceptors (Lipinski definition) is 7. The van der Waals surface area contributed by atoms with Gasteiger partial charge in [0.1, 0.15) is 18.1 Å². The van der Waals surface area contributed by atoms with Crippen LogP contribution in [-0.4, -0.2) is 92.1 Å². The lowest BCUT2D eigenvalue weighted by Gasteiger charge is -2.32. The molecule has 0 aromatic heterocycles. The number of hydrogen-bond donors (Lipinski definition) is 5. The van der Waals surface area contributed by atoms with E-state index in [2.05, 4.69) is 33.4 Å². The Bertz CT molecular complexity index is 1290. The molecule has 1 saturated carbocycles. The summed E-state index contributed by atoms with van der Waals surface area (Å²) < 4.78 is 5.40. The van der Waals surface area contributed by atoms with E-state index in [4.69, 9.17) is 10.5 Å². The first-order valence-electron chi connectivity index (χ1n) is 17.0. The molecule has 4 amide bonds. The number of benzene rings is 2. The van der Waals surface area contributed by atoms with Gasteiger partial charge in [-0.05, 0) is 55.7 Å². The van der Waals surface area contributed by atoms with E-state index >= 15 is 0 Å². The van der Waals surface area contributed by atoms with Crippen LogP contribution in [0.4, 0.5) is 0 Å². The molecule has 0 radical (unpaired) electrons. The predicted octanol–water partition coefficient (Wildman–Crippen LogP) is 1.86. The smallest absolute Gasteiger partial charge is 0.245 e. The SMILES string of the molecule is CC(C)C[C@@H](NC(=O)[C@@H](Cc1ccccc1)NC(=O)CNC1C[C@@H]1c1ccccc1)C(=O)N[C@H](CCCCN)C(=O)N1CCOCC1. The van der Waals surface area contributed by atoms with Crippen LogP contribution in [0.3, 0.4) is 0 Å². The number of ether oxygens (including phenoxy) is 1. The van der Waals surface area contributed by atoms with Crippen LogP contribution in [0.5, 0.6) is 0 Å². The van der Waals surface area contributed by atoms with E-state index in [0.717, 1.165) is 18.4 Å². The number of amides is 4. The minimum absolute atomic E-state index is 0.0800. The van der Waals surface area contributed by atoms with Gasteiger partial charge in [-0.1, -0.05) is 74.5 Å². The Morgan fingerprint density at radius 3 is 2.15 bits per heavy atom. The molecule has 1 aliphatic carbocycles. The van der Waals surface area contributed by atoms with E-state index < -0.39 is 29.9 Å². The number of rotatable bonds is 18. The number of morpholine rings is 1. The molecule has 2 aliphatic rings. The fourth-order valence-corrected chi connectivity index (χ4v) is 6.02. The lowest BCUT2D eigenvalue weighted by atomic mass is 10.00. The van der Waals surface area contributed by atoms with E-state index in [0.29, 0.717) is 58.0 Å². The van der Waals surface area contributed by atoms with Crippen molar-refractivity contribution in [1.82, 2.24) is 26.2 Å². The van der Waals surface area contributed by atoms with Crippen LogP contribution in [0.25, 0.3) is 0 Å². The van der Waals surface area contributed by atoms with Gasteiger partial charge in [0.15, 0.2) is 0 Å². The summed E-state index contributed by atoms with van der Waals surface area (Å²) in [6.45, 7) is 6.38. The first-order chi connectivity index (χ1) is 22.7. The van der Waals surface area contributed by atoms with Gasteiger partial charge < -0.3 is 36.6 Å². The second-order valence-corrected chi connectivity index (χ2v) is 13.0. The molecule has 2 aromatic rings. The molecule has 6 N–H and O–H groups in total. The number of nitrogens with one attached hydrogen (secondary N) is 4. The molecule has 11 heteroatoms. The maximum absolute atomic E-state index is 13.8. The van der Waals surface area contributed by atoms with Crippen molar-refractivity contribution in [2.24, 2.45) is 11.7 Å². The molecule has 47 heavy (non-hydrogen) atoms. The molecule has 4 rings (SSSR count). The molecule has 2 fully saturated rings. The lowest BCUT2D eigenvalue weighted by Crippen LogP contribution is -2.58. The fourth-order valence-electron chi connectivity index (χ4n) is 6.02. The van der Waals surface area contributed by atoms with Crippen molar-refractivity contribution in [3.05, 3.63) is 71.8 Å². The molecule has 5 atom stereocenters. The Kier molecular flexibility index (Phi) is 14.2. The average Bonchev–Trinajstić information content (AvgIpc) is 3.87. The summed E-state index contributed by atoms with van der Waals surface area (Å²) in [5, 5.41) is 12.1. The van der Waals surface area contributed by atoms with Gasteiger partial charge in [-0.3, -0.25) is 19.2 Å². The van der Waals surface area contributed by atoms with Crippen molar-refractivity contribution >= 4 is 23.6 Å². The first kappa shape index (κ1) is 36.0. The first-order valence-corrected chi connectivity index (χ1v) is 17.0. The molecule has 11 nitrogen and oxygen atoms in total. The largest absolute Gasteiger partial charge is 0.378 e. The van der Waals surface area contributed by atoms with Crippen molar-refractivity contribution in [3.8, 4) is 0 Å². The summed E-state index contributed by atoms with van der Waals surface area (Å²) in [6, 6.07) is 17.4. The zero-order valence-corrected chi connectivity index (χ0v) is 27.8. The summed E-state index contributed by atoms with van der Waals surface area (Å²) in [7, 11) is 0. The third-order valence-corrected chi connectivity index (χ3v) is 8.70. The zero-order valence-electron chi connectivity index (χ0n) is 27.8. The normalized spacial score (nSPS) is 19.4. The number of nitrogens with two attached hydrogens (primary N) is 1. The summed E-state index contributed by atoms with van der Waals surface area (Å²) in [5.41, 5.74) is 7.82. The monoisotopic (exact) mass is 648 g/mol. The topological polar surface area (TPSA) is 155 Å². The molecule has 1 aliphatic heterocycles. The van der Waals surface area contributed by atoms with Crippen molar-refractivity contribution in [1.29, 1.82) is 0 Å². The van der Waals surface area contributed by atoms with Gasteiger partial charge in [0.05, 0.1) is 19.8 Å². The maximum atomic E-state index is 13.8. The number of nitrogens with zero attached hydrogens (tertiary/aromatic N) is 1. The molecule has 1 saturated heterocycles. The van der Waals surface area contributed by atoms with E-state index in [9.17, 15) is 19.2 Å². The highest BCUT2D eigenvalue weighted by Gasteiger charge is 2.38. The second kappa shape index (κ2) is 18.5. The summed E-state index contributed by atoms with van der Waals surface area (Å²) >= 11 is 0. The third kappa shape index (κ3) is 11.7. The van der Waals surface area contributed by atoms with Crippen LogP contribution in [0.2, 0.25) is 0 Å². The standard InChI is InChI=1S/C36H52N6O5/c1-25(2)21-31(34(44)40-29(15-9-10-16-37)36(46)42-17-19-47-20-18-42)41-35(45)32(22-26-11-5-3-6-12-26)39-33(43)24-38-30-23-28(30)27-13-7-4-8-14-27/h3-8,11-14,25,28-32,38H,9-10,15-24,37H2,1-2H3,(H,39,43)(H,40,44)(H,41,45)/t28-,29-,30?,31-,32-/m1/s1. The maximum Gasteiger partial charge on any atom is 0.245 e. The molecular formula is C36H52N6O5. The lowest BCUT2D eigenvalue weighted by molar-refractivity contribution is -0.141. The second-order valence-electron chi connectivity index (χ2n) is 13.0. The van der Waals surface area contributed by atoms with Crippen molar-refractivity contribution in [3.63, 3.8) is 0 Å². The van der Waals surface area contributed by atoms with Crippen LogP contribution in [0.15, 0.2) is 60.7 Å². The Balaban J connectivity index is 1.41. The van der Waals surface area contributed by atoms with Gasteiger partial charge in [-0.15, -0.1) is 0 Å². The third-order valence-electron chi connectivity index (χ3n) is 8.70. The minimum Gasteiger partial charge on any atom is -0.378 e. The van der Waals surface area contributed by atoms with Crippen LogP contribution in [0, 0.1) is 5.92 Å². The van der Waals surface area contributed by atoms with Crippen LogP contribution in [-0.2, 0) is 30.3 Å². The van der Waals surface area contributed by atoms with E-state index in [1.54, 1.807) is 4.90 Å². The number of unbranched alkanes of at least 4 members (excludes halogenated alkanes) is 1. The molecule has 0 spiro atoms. The van der Waals surface area contributed by atoms with Gasteiger partial charge in [0, 0.05) is 31.5 Å². The highest BCUT2D eigenvalue weighted by molar-refractivity contribution is 5.94. The van der Waals surface area contributed by atoms with E-state index in [1.165, 1.54) is 5.56 Å². The minimum atomic E-state index is -0.895. The van der Waals surface area contributed by atoms with Crippen molar-refractivity contribution in [2.45, 2.75) is 82.5 Å². The van der Waals surface area contributed by atoms with Gasteiger partial charge in [0.2, 0.25) is 23.6 Å². The number of carbonyl (C=O) groups is 4. The molecule has 1 heterocycles. The molecule has 2 aromatic carbocycles. The van der Waals surface area contributed by atoms with Gasteiger partial charge in [-0.25, -0.2) is 0 Å². The van der Waals surface area contributed by atoms with Gasteiger partial charge in [0.25, 0.3) is 0 Å². The Morgan fingerprint density at radius 2 is 1.49 bits per heavy atom. The van der Waals surface area contributed by atoms with Crippen molar-refractivity contribution < 1.29 is 23.9 Å². The van der Waals surface area contributed by atoms with Crippen LogP contribution < -0.4 is 27.0 Å². The molecule has 0 bridgehead atoms. The van der Waals surface area contributed by atoms with Crippen molar-refractivity contribution in [2.75, 3.05) is 39.4 Å². The molecular weight excluding hydrogens is 596 g/mol. The van der Waals surface area contributed by atoms with Gasteiger partial charge >= 0.3 is 0 Å². The zero-order chi connectivity index (χ0) is 33.6. The summed E-state index contributed by atoms with van der Waals surface area (Å²) in [5.74, 6) is -0.855. The quantitative estimate of drug-likeness (QED) is 0.155. The summed E-state index contributed by atoms with van der Waals surface area (Å²) in [6.07, 6.45) is 3.46. The average molecular weight is 649 g/mol. The summed E-state index contributed by atoms with van der Waals surface area (Å²) in [4.78, 5) is 55.8. The van der Waals surface area contributed by atoms with Crippen LogP contribution >= 0.6 is 0 Å². The fraction of sp³-hybridized carbons (Fsp3) is 0.556. The molecule has 256 valence electrons.